The van der Waals surface area contributed by atoms with Gasteiger partial charge in [-0.3, -0.25) is 9.59 Å². The minimum Gasteiger partial charge on any atom is -0.453 e. The van der Waals surface area contributed by atoms with Gasteiger partial charge in [0.15, 0.2) is 12.4 Å². The topological polar surface area (TPSA) is 65.4 Å². The fourth-order valence-electron chi connectivity index (χ4n) is 3.53. The average Bonchev–Trinajstić information content (AvgIpc) is 2.80. The Morgan fingerprint density at radius 3 is 2.22 bits per heavy atom. The molecule has 0 saturated carbocycles. The number of rotatable bonds is 5. The predicted octanol–water partition coefficient (Wildman–Crippen LogP) is 5.04. The Hall–Kier alpha value is -3.77. The number of Topliss-reactive ketones (excluding diaryl/α,β-unsaturated/α-hetero) is 1. The number of benzene rings is 3. The summed E-state index contributed by atoms with van der Waals surface area (Å²) >= 11 is 6.02. The van der Waals surface area contributed by atoms with Crippen molar-refractivity contribution < 1.29 is 18.7 Å². The number of pyridine rings is 1. The van der Waals surface area contributed by atoms with Crippen molar-refractivity contribution in [2.24, 2.45) is 7.05 Å². The lowest BCUT2D eigenvalue weighted by atomic mass is 9.97. The highest BCUT2D eigenvalue weighted by atomic mass is 35.5. The second kappa shape index (κ2) is 8.77. The third-order valence-corrected chi connectivity index (χ3v) is 5.38. The maximum absolute atomic E-state index is 13.1. The molecular weight excluding hydrogens is 433 g/mol. The number of esters is 1. The van der Waals surface area contributed by atoms with Crippen LogP contribution in [0.3, 0.4) is 0 Å². The second-order valence-electron chi connectivity index (χ2n) is 7.15. The van der Waals surface area contributed by atoms with Crippen molar-refractivity contribution in [3.63, 3.8) is 0 Å². The van der Waals surface area contributed by atoms with Crippen LogP contribution >= 0.6 is 11.6 Å². The highest BCUT2D eigenvalue weighted by Crippen LogP contribution is 2.31. The first-order chi connectivity index (χ1) is 15.4. The molecule has 4 aromatic rings. The number of carbonyl (C=O) groups is 2. The molecule has 0 N–H and O–H groups in total. The van der Waals surface area contributed by atoms with E-state index in [4.69, 9.17) is 16.3 Å². The number of aromatic nitrogens is 1. The number of halogens is 2. The molecule has 0 bridgehead atoms. The Balaban J connectivity index is 1.78. The Morgan fingerprint density at radius 2 is 1.56 bits per heavy atom. The molecule has 0 saturated heterocycles. The summed E-state index contributed by atoms with van der Waals surface area (Å²) in [7, 11) is 1.48. The van der Waals surface area contributed by atoms with E-state index in [1.807, 2.05) is 0 Å². The Labute approximate surface area is 187 Å². The third kappa shape index (κ3) is 4.05. The van der Waals surface area contributed by atoms with E-state index in [1.54, 1.807) is 48.5 Å². The smallest absolute Gasteiger partial charge is 0.356 e. The first kappa shape index (κ1) is 21.5. The van der Waals surface area contributed by atoms with Gasteiger partial charge in [-0.25, -0.2) is 9.18 Å². The standard InChI is InChI=1S/C25H17ClFNO4/c1-28-23(25(31)32-14-21(29)15-8-12-18(27)13-9-15)22(16-6-10-17(26)11-7-16)19-4-2-3-5-20(19)24(28)30/h2-13H,14H2,1H3. The molecule has 0 aliphatic heterocycles. The van der Waals surface area contributed by atoms with E-state index in [9.17, 15) is 18.8 Å². The summed E-state index contributed by atoms with van der Waals surface area (Å²) in [6.45, 7) is -0.550. The first-order valence-corrected chi connectivity index (χ1v) is 10.1. The number of hydrogen-bond donors (Lipinski definition) is 0. The molecule has 1 aromatic heterocycles. The van der Waals surface area contributed by atoms with Crippen molar-refractivity contribution in [2.45, 2.75) is 0 Å². The molecule has 0 aliphatic rings. The largest absolute Gasteiger partial charge is 0.453 e. The van der Waals surface area contributed by atoms with Gasteiger partial charge in [-0.15, -0.1) is 0 Å². The van der Waals surface area contributed by atoms with Gasteiger partial charge < -0.3 is 9.30 Å². The molecule has 0 spiro atoms. The van der Waals surface area contributed by atoms with Gasteiger partial charge in [0, 0.05) is 28.6 Å². The van der Waals surface area contributed by atoms with Gasteiger partial charge in [-0.2, -0.15) is 0 Å². The molecule has 0 aliphatic carbocycles. The van der Waals surface area contributed by atoms with Gasteiger partial charge in [0.05, 0.1) is 0 Å². The molecule has 4 rings (SSSR count). The molecule has 32 heavy (non-hydrogen) atoms. The summed E-state index contributed by atoms with van der Waals surface area (Å²) < 4.78 is 19.6. The van der Waals surface area contributed by atoms with Crippen molar-refractivity contribution in [1.29, 1.82) is 0 Å². The summed E-state index contributed by atoms with van der Waals surface area (Å²) in [5.41, 5.74) is 1.03. The summed E-state index contributed by atoms with van der Waals surface area (Å²) in [6.07, 6.45) is 0. The van der Waals surface area contributed by atoms with Crippen molar-refractivity contribution in [1.82, 2.24) is 4.57 Å². The normalized spacial score (nSPS) is 10.8. The highest BCUT2D eigenvalue weighted by molar-refractivity contribution is 6.30. The lowest BCUT2D eigenvalue weighted by Crippen LogP contribution is -2.27. The fourth-order valence-corrected chi connectivity index (χ4v) is 3.66. The van der Waals surface area contributed by atoms with Gasteiger partial charge in [0.25, 0.3) is 5.56 Å². The van der Waals surface area contributed by atoms with Crippen LogP contribution in [0.25, 0.3) is 21.9 Å². The number of carbonyl (C=O) groups excluding carboxylic acids is 2. The predicted molar refractivity (Wildman–Crippen MR) is 121 cm³/mol. The SMILES string of the molecule is Cn1c(C(=O)OCC(=O)c2ccc(F)cc2)c(-c2ccc(Cl)cc2)c2ccccc2c1=O. The second-order valence-corrected chi connectivity index (χ2v) is 7.58. The van der Waals surface area contributed by atoms with Crippen LogP contribution in [-0.4, -0.2) is 22.9 Å². The van der Waals surface area contributed by atoms with Crippen LogP contribution in [0.2, 0.25) is 5.02 Å². The zero-order valence-corrected chi connectivity index (χ0v) is 17.7. The Morgan fingerprint density at radius 1 is 0.938 bits per heavy atom. The maximum Gasteiger partial charge on any atom is 0.356 e. The van der Waals surface area contributed by atoms with Crippen LogP contribution in [0.15, 0.2) is 77.6 Å². The lowest BCUT2D eigenvalue weighted by molar-refractivity contribution is 0.0465. The van der Waals surface area contributed by atoms with E-state index in [2.05, 4.69) is 0 Å². The van der Waals surface area contributed by atoms with Gasteiger partial charge in [0.1, 0.15) is 11.5 Å². The minimum absolute atomic E-state index is 0.0166. The van der Waals surface area contributed by atoms with Crippen LogP contribution in [-0.2, 0) is 11.8 Å². The van der Waals surface area contributed by atoms with Crippen LogP contribution in [0, 0.1) is 5.82 Å². The Kier molecular flexibility index (Phi) is 5.88. The molecule has 0 radical (unpaired) electrons. The molecule has 5 nitrogen and oxygen atoms in total. The van der Waals surface area contributed by atoms with E-state index in [-0.39, 0.29) is 16.8 Å². The summed E-state index contributed by atoms with van der Waals surface area (Å²) in [5, 5.41) is 1.55. The monoisotopic (exact) mass is 449 g/mol. The van der Waals surface area contributed by atoms with Gasteiger partial charge >= 0.3 is 5.97 Å². The summed E-state index contributed by atoms with van der Waals surface area (Å²) in [6, 6.07) is 18.8. The first-order valence-electron chi connectivity index (χ1n) is 9.70. The molecule has 1 heterocycles. The van der Waals surface area contributed by atoms with Gasteiger partial charge in [-0.05, 0) is 53.4 Å². The van der Waals surface area contributed by atoms with Crippen molar-refractivity contribution in [3.8, 4) is 11.1 Å². The van der Waals surface area contributed by atoms with E-state index in [0.717, 1.165) is 12.1 Å². The molecule has 160 valence electrons. The number of fused-ring (bicyclic) bond motifs is 1. The van der Waals surface area contributed by atoms with E-state index in [0.29, 0.717) is 26.9 Å². The molecular formula is C25H17ClFNO4. The maximum atomic E-state index is 13.1. The minimum atomic E-state index is -0.823. The molecule has 7 heteroatoms. The molecule has 0 unspecified atom stereocenters. The van der Waals surface area contributed by atoms with Gasteiger partial charge in [-0.1, -0.05) is 41.9 Å². The van der Waals surface area contributed by atoms with Gasteiger partial charge in [0.2, 0.25) is 0 Å². The number of hydrogen-bond acceptors (Lipinski definition) is 4. The van der Waals surface area contributed by atoms with Crippen molar-refractivity contribution in [2.75, 3.05) is 6.61 Å². The van der Waals surface area contributed by atoms with E-state index < -0.39 is 24.2 Å². The zero-order valence-electron chi connectivity index (χ0n) is 17.0. The fraction of sp³-hybridized carbons (Fsp3) is 0.0800. The molecule has 3 aromatic carbocycles. The molecule has 0 amide bonds. The third-order valence-electron chi connectivity index (χ3n) is 5.13. The lowest BCUT2D eigenvalue weighted by Gasteiger charge is -2.16. The zero-order chi connectivity index (χ0) is 22.8. The Bertz CT molecular complexity index is 1390. The van der Waals surface area contributed by atoms with E-state index in [1.165, 1.54) is 23.7 Å². The van der Waals surface area contributed by atoms with Crippen LogP contribution in [0.1, 0.15) is 20.8 Å². The summed E-state index contributed by atoms with van der Waals surface area (Å²) in [4.78, 5) is 38.4. The van der Waals surface area contributed by atoms with Crippen LogP contribution in [0.5, 0.6) is 0 Å². The van der Waals surface area contributed by atoms with Crippen LogP contribution in [0.4, 0.5) is 4.39 Å². The quantitative estimate of drug-likeness (QED) is 0.316. The van der Waals surface area contributed by atoms with Crippen molar-refractivity contribution >= 4 is 34.1 Å². The number of ketones is 1. The molecule has 0 atom stereocenters. The van der Waals surface area contributed by atoms with Crippen molar-refractivity contribution in [3.05, 3.63) is 105 Å². The molecule has 0 fully saturated rings. The van der Waals surface area contributed by atoms with E-state index >= 15 is 0 Å². The highest BCUT2D eigenvalue weighted by Gasteiger charge is 2.23. The van der Waals surface area contributed by atoms with Crippen LogP contribution < -0.4 is 5.56 Å². The summed E-state index contributed by atoms with van der Waals surface area (Å²) in [5.74, 6) is -1.79. The number of ether oxygens (including phenoxy) is 1. The average molecular weight is 450 g/mol. The number of nitrogens with zero attached hydrogens (tertiary/aromatic N) is 1.